The predicted molar refractivity (Wildman–Crippen MR) is 134 cm³/mol. The Bertz CT molecular complexity index is 1100. The summed E-state index contributed by atoms with van der Waals surface area (Å²) in [5.41, 5.74) is 3.99. The maximum absolute atomic E-state index is 11.9. The van der Waals surface area contributed by atoms with Crippen molar-refractivity contribution in [2.45, 2.75) is 27.7 Å². The van der Waals surface area contributed by atoms with Crippen molar-refractivity contribution in [2.24, 2.45) is 0 Å². The molecule has 0 saturated carbocycles. The van der Waals surface area contributed by atoms with Crippen LogP contribution in [0.2, 0.25) is 0 Å². The number of allylic oxidation sites excluding steroid dienone is 2. The van der Waals surface area contributed by atoms with Crippen LogP contribution in [0.1, 0.15) is 43.0 Å². The molecule has 190 valence electrons. The molecule has 0 aliphatic heterocycles. The van der Waals surface area contributed by atoms with Crippen molar-refractivity contribution in [3.8, 4) is 11.5 Å². The number of hydrogen-bond donors (Lipinski definition) is 0. The summed E-state index contributed by atoms with van der Waals surface area (Å²) in [7, 11) is 0. The van der Waals surface area contributed by atoms with E-state index in [0.717, 1.165) is 22.3 Å². The fourth-order valence-electron chi connectivity index (χ4n) is 3.33. The molecule has 0 radical (unpaired) electrons. The number of ether oxygens (including phenoxy) is 4. The fraction of sp³-hybridized carbons (Fsp3) is 0.286. The van der Waals surface area contributed by atoms with Crippen molar-refractivity contribution < 1.29 is 38.1 Å². The molecule has 2 aromatic rings. The Morgan fingerprint density at radius 3 is 1.33 bits per heavy atom. The minimum Gasteiger partial charge on any atom is -0.482 e. The van der Waals surface area contributed by atoms with Crippen LogP contribution in [0, 0.1) is 27.7 Å². The second-order valence-corrected chi connectivity index (χ2v) is 7.88. The van der Waals surface area contributed by atoms with E-state index in [1.54, 1.807) is 52.0 Å². The molecule has 0 aliphatic rings. The molecule has 0 spiro atoms. The van der Waals surface area contributed by atoms with Gasteiger partial charge in [0.2, 0.25) is 0 Å². The van der Waals surface area contributed by atoms with Gasteiger partial charge in [-0.2, -0.15) is 0 Å². The van der Waals surface area contributed by atoms with Gasteiger partial charge in [0.15, 0.2) is 24.8 Å². The summed E-state index contributed by atoms with van der Waals surface area (Å²) in [5.74, 6) is -0.729. The lowest BCUT2D eigenvalue weighted by molar-refractivity contribution is -0.154. The average Bonchev–Trinajstić information content (AvgIpc) is 2.87. The van der Waals surface area contributed by atoms with Crippen LogP contribution in [0.4, 0.5) is 0 Å². The highest BCUT2D eigenvalue weighted by atomic mass is 16.6. The average molecular weight is 495 g/mol. The van der Waals surface area contributed by atoms with Gasteiger partial charge in [-0.25, -0.2) is 9.59 Å². The number of carbonyl (C=O) groups excluding carboxylic acids is 4. The first-order valence-electron chi connectivity index (χ1n) is 11.2. The second kappa shape index (κ2) is 13.0. The lowest BCUT2D eigenvalue weighted by atomic mass is 9.99. The third-order valence-corrected chi connectivity index (χ3v) is 5.68. The first-order valence-corrected chi connectivity index (χ1v) is 11.2. The largest absolute Gasteiger partial charge is 0.482 e. The minimum atomic E-state index is -0.633. The number of carbonyl (C=O) groups is 4. The summed E-state index contributed by atoms with van der Waals surface area (Å²) >= 11 is 0. The lowest BCUT2D eigenvalue weighted by Crippen LogP contribution is -2.21. The van der Waals surface area contributed by atoms with E-state index >= 15 is 0 Å². The van der Waals surface area contributed by atoms with Crippen molar-refractivity contribution in [2.75, 3.05) is 26.4 Å². The van der Waals surface area contributed by atoms with E-state index in [0.29, 0.717) is 22.6 Å². The monoisotopic (exact) mass is 494 g/mol. The standard InChI is InChI=1S/C28H30O8/c1-7-23(29)21-9-11-25(19(5)17(21)3)35-15-27(31)33-13-14-34-28(32)16-36-26-12-10-22(24(30)8-2)18(4)20(26)6/h7-12H,1-2,13-16H2,3-6H3. The normalized spacial score (nSPS) is 10.2. The first kappa shape index (κ1) is 28.0. The Morgan fingerprint density at radius 1 is 0.639 bits per heavy atom. The summed E-state index contributed by atoms with van der Waals surface area (Å²) in [6.45, 7) is 13.2. The van der Waals surface area contributed by atoms with Crippen LogP contribution in [-0.2, 0) is 19.1 Å². The van der Waals surface area contributed by atoms with Crippen LogP contribution in [-0.4, -0.2) is 49.9 Å². The Kier molecular flexibility index (Phi) is 10.2. The molecule has 0 fully saturated rings. The molecule has 0 heterocycles. The van der Waals surface area contributed by atoms with Crippen LogP contribution in [0.15, 0.2) is 49.6 Å². The molecular formula is C28H30O8. The van der Waals surface area contributed by atoms with Crippen molar-refractivity contribution >= 4 is 23.5 Å². The van der Waals surface area contributed by atoms with Crippen molar-refractivity contribution in [1.29, 1.82) is 0 Å². The summed E-state index contributed by atoms with van der Waals surface area (Å²) in [5, 5.41) is 0. The van der Waals surface area contributed by atoms with Gasteiger partial charge in [-0.05, 0) is 86.4 Å². The second-order valence-electron chi connectivity index (χ2n) is 7.88. The van der Waals surface area contributed by atoms with Gasteiger partial charge in [0, 0.05) is 11.1 Å². The Hall–Kier alpha value is -4.20. The van der Waals surface area contributed by atoms with Gasteiger partial charge in [-0.1, -0.05) is 13.2 Å². The SMILES string of the molecule is C=CC(=O)c1ccc(OCC(=O)OCCOC(=O)COc2ccc(C(=O)C=C)c(C)c2C)c(C)c1C. The van der Waals surface area contributed by atoms with Crippen molar-refractivity contribution in [3.05, 3.63) is 83.0 Å². The molecule has 0 aliphatic carbocycles. The Morgan fingerprint density at radius 2 is 1.00 bits per heavy atom. The lowest BCUT2D eigenvalue weighted by Gasteiger charge is -2.14. The van der Waals surface area contributed by atoms with Crippen molar-refractivity contribution in [1.82, 2.24) is 0 Å². The first-order chi connectivity index (χ1) is 17.1. The zero-order valence-corrected chi connectivity index (χ0v) is 21.0. The highest BCUT2D eigenvalue weighted by Gasteiger charge is 2.15. The summed E-state index contributed by atoms with van der Waals surface area (Å²) < 4.78 is 21.0. The molecule has 0 unspecified atom stereocenters. The molecule has 0 bridgehead atoms. The molecule has 0 atom stereocenters. The third-order valence-electron chi connectivity index (χ3n) is 5.68. The summed E-state index contributed by atoms with van der Waals surface area (Å²) in [6.07, 6.45) is 2.48. The molecule has 0 N–H and O–H groups in total. The van der Waals surface area contributed by atoms with E-state index in [-0.39, 0.29) is 38.0 Å². The van der Waals surface area contributed by atoms with Gasteiger partial charge in [-0.15, -0.1) is 0 Å². The van der Waals surface area contributed by atoms with Gasteiger partial charge in [0.25, 0.3) is 0 Å². The van der Waals surface area contributed by atoms with Crippen LogP contribution in [0.25, 0.3) is 0 Å². The van der Waals surface area contributed by atoms with E-state index in [1.165, 1.54) is 12.2 Å². The highest BCUT2D eigenvalue weighted by Crippen LogP contribution is 2.26. The van der Waals surface area contributed by atoms with Gasteiger partial charge in [0.1, 0.15) is 24.7 Å². The molecule has 8 heteroatoms. The van der Waals surface area contributed by atoms with Gasteiger partial charge in [-0.3, -0.25) is 9.59 Å². The fourth-order valence-corrected chi connectivity index (χ4v) is 3.33. The highest BCUT2D eigenvalue weighted by molar-refractivity contribution is 6.06. The molecule has 8 nitrogen and oxygen atoms in total. The van der Waals surface area contributed by atoms with Gasteiger partial charge in [0.05, 0.1) is 0 Å². The number of benzene rings is 2. The topological polar surface area (TPSA) is 105 Å². The molecular weight excluding hydrogens is 464 g/mol. The Balaban J connectivity index is 1.74. The van der Waals surface area contributed by atoms with Crippen LogP contribution in [0.3, 0.4) is 0 Å². The van der Waals surface area contributed by atoms with Crippen LogP contribution < -0.4 is 9.47 Å². The maximum Gasteiger partial charge on any atom is 0.344 e. The molecule has 0 aromatic heterocycles. The van der Waals surface area contributed by atoms with E-state index in [9.17, 15) is 19.2 Å². The quantitative estimate of drug-likeness (QED) is 0.177. The number of ketones is 2. The smallest absolute Gasteiger partial charge is 0.344 e. The molecule has 0 saturated heterocycles. The predicted octanol–water partition coefficient (Wildman–Crippen LogP) is 4.20. The van der Waals surface area contributed by atoms with Gasteiger partial charge < -0.3 is 18.9 Å². The van der Waals surface area contributed by atoms with E-state index in [1.807, 2.05) is 0 Å². The zero-order valence-electron chi connectivity index (χ0n) is 21.0. The van der Waals surface area contributed by atoms with Crippen molar-refractivity contribution in [3.63, 3.8) is 0 Å². The molecule has 2 aromatic carbocycles. The number of esters is 2. The van der Waals surface area contributed by atoms with Crippen LogP contribution >= 0.6 is 0 Å². The van der Waals surface area contributed by atoms with E-state index in [2.05, 4.69) is 13.2 Å². The third kappa shape index (κ3) is 7.15. The number of hydrogen-bond acceptors (Lipinski definition) is 8. The van der Waals surface area contributed by atoms with Crippen LogP contribution in [0.5, 0.6) is 11.5 Å². The summed E-state index contributed by atoms with van der Waals surface area (Å²) in [4.78, 5) is 47.6. The van der Waals surface area contributed by atoms with E-state index in [4.69, 9.17) is 18.9 Å². The molecule has 0 amide bonds. The molecule has 2 rings (SSSR count). The summed E-state index contributed by atoms with van der Waals surface area (Å²) in [6, 6.07) is 6.46. The maximum atomic E-state index is 11.9. The number of rotatable bonds is 13. The van der Waals surface area contributed by atoms with Gasteiger partial charge >= 0.3 is 11.9 Å². The Labute approximate surface area is 210 Å². The zero-order chi connectivity index (χ0) is 26.8. The molecule has 36 heavy (non-hydrogen) atoms. The van der Waals surface area contributed by atoms with E-state index < -0.39 is 11.9 Å². The minimum absolute atomic E-state index is 0.144.